The Hall–Kier alpha value is -0.170. The Morgan fingerprint density at radius 3 is 2.25 bits per heavy atom. The first-order valence-electron chi connectivity index (χ1n) is 13.6. The van der Waals surface area contributed by atoms with Gasteiger partial charge in [-0.15, -0.1) is 0 Å². The van der Waals surface area contributed by atoms with Crippen LogP contribution in [0.15, 0.2) is 0 Å². The summed E-state index contributed by atoms with van der Waals surface area (Å²) in [5, 5.41) is 46.8. The van der Waals surface area contributed by atoms with Crippen molar-refractivity contribution >= 4 is 7.82 Å². The SMILES string of the molecule is CCCCCCCCCCC12CCC(O)C(C)(CC1)NC(O)N2C1OC(COP(=O)(O)O)C(O)C1O. The van der Waals surface area contributed by atoms with Gasteiger partial charge in [0.2, 0.25) is 0 Å². The van der Waals surface area contributed by atoms with Gasteiger partial charge in [-0.25, -0.2) is 9.46 Å². The van der Waals surface area contributed by atoms with E-state index >= 15 is 0 Å². The molecule has 8 atom stereocenters. The zero-order valence-electron chi connectivity index (χ0n) is 21.7. The Morgan fingerprint density at radius 2 is 1.61 bits per heavy atom. The van der Waals surface area contributed by atoms with Gasteiger partial charge in [0.05, 0.1) is 12.7 Å². The first-order valence-corrected chi connectivity index (χ1v) is 15.1. The Labute approximate surface area is 214 Å². The molecule has 1 saturated carbocycles. The van der Waals surface area contributed by atoms with Gasteiger partial charge in [-0.1, -0.05) is 58.3 Å². The van der Waals surface area contributed by atoms with Gasteiger partial charge in [0, 0.05) is 11.1 Å². The van der Waals surface area contributed by atoms with Crippen LogP contribution in [0.1, 0.15) is 97.3 Å². The van der Waals surface area contributed by atoms with Crippen molar-refractivity contribution in [2.45, 2.75) is 145 Å². The first kappa shape index (κ1) is 30.4. The lowest BCUT2D eigenvalue weighted by molar-refractivity contribution is -0.215. The quantitative estimate of drug-likeness (QED) is 0.134. The van der Waals surface area contributed by atoms with Crippen LogP contribution in [0, 0.1) is 0 Å². The number of fused-ring (bicyclic) bond motifs is 3. The summed E-state index contributed by atoms with van der Waals surface area (Å²) in [6.07, 6.45) is 5.32. The van der Waals surface area contributed by atoms with Crippen molar-refractivity contribution in [2.75, 3.05) is 6.61 Å². The molecule has 7 N–H and O–H groups in total. The van der Waals surface area contributed by atoms with Crippen molar-refractivity contribution in [2.24, 2.45) is 0 Å². The number of hydrogen-bond donors (Lipinski definition) is 7. The van der Waals surface area contributed by atoms with Crippen LogP contribution < -0.4 is 5.32 Å². The maximum Gasteiger partial charge on any atom is 0.469 e. The maximum atomic E-state index is 11.3. The predicted molar refractivity (Wildman–Crippen MR) is 132 cm³/mol. The molecule has 3 rings (SSSR count). The van der Waals surface area contributed by atoms with Gasteiger partial charge >= 0.3 is 7.82 Å². The van der Waals surface area contributed by atoms with Gasteiger partial charge in [-0.3, -0.25) is 9.84 Å². The lowest BCUT2D eigenvalue weighted by Crippen LogP contribution is -2.67. The molecule has 36 heavy (non-hydrogen) atoms. The Morgan fingerprint density at radius 1 is 0.972 bits per heavy atom. The van der Waals surface area contributed by atoms with Gasteiger partial charge < -0.3 is 34.9 Å². The second-order valence-electron chi connectivity index (χ2n) is 11.2. The molecule has 12 heteroatoms. The molecule has 2 saturated heterocycles. The summed E-state index contributed by atoms with van der Waals surface area (Å²) in [4.78, 5) is 19.8. The molecule has 0 radical (unpaired) electrons. The van der Waals surface area contributed by atoms with Crippen LogP contribution in [0.25, 0.3) is 0 Å². The molecule has 3 aliphatic rings. The fourth-order valence-corrected chi connectivity index (χ4v) is 6.54. The fraction of sp³-hybridized carbons (Fsp3) is 1.00. The number of nitrogens with one attached hydrogen (secondary N) is 1. The van der Waals surface area contributed by atoms with Crippen LogP contribution in [0.5, 0.6) is 0 Å². The van der Waals surface area contributed by atoms with Crippen molar-refractivity contribution in [3.63, 3.8) is 0 Å². The highest BCUT2D eigenvalue weighted by Gasteiger charge is 2.57. The van der Waals surface area contributed by atoms with Gasteiger partial charge in [0.15, 0.2) is 6.35 Å². The second-order valence-corrected chi connectivity index (χ2v) is 12.4. The fourth-order valence-electron chi connectivity index (χ4n) is 6.20. The monoisotopic (exact) mass is 538 g/mol. The number of phosphoric ester groups is 1. The highest BCUT2D eigenvalue weighted by molar-refractivity contribution is 7.46. The Kier molecular flexibility index (Phi) is 10.8. The minimum Gasteiger partial charge on any atom is -0.391 e. The highest BCUT2D eigenvalue weighted by atomic mass is 31.2. The Bertz CT molecular complexity index is 742. The predicted octanol–water partition coefficient (Wildman–Crippen LogP) is 1.69. The second kappa shape index (κ2) is 12.8. The van der Waals surface area contributed by atoms with Crippen LogP contribution in [-0.2, 0) is 13.8 Å². The summed E-state index contributed by atoms with van der Waals surface area (Å²) in [6, 6.07) is 0. The number of ether oxygens (including phenoxy) is 1. The molecule has 212 valence electrons. The summed E-state index contributed by atoms with van der Waals surface area (Å²) in [5.41, 5.74) is -1.31. The lowest BCUT2D eigenvalue weighted by Gasteiger charge is -2.50. The van der Waals surface area contributed by atoms with Crippen molar-refractivity contribution in [1.29, 1.82) is 0 Å². The van der Waals surface area contributed by atoms with E-state index in [0.717, 1.165) is 25.7 Å². The third-order valence-corrected chi connectivity index (χ3v) is 9.00. The van der Waals surface area contributed by atoms with Gasteiger partial charge in [0.1, 0.15) is 24.5 Å². The molecular formula is C24H47N2O9P. The molecule has 0 spiro atoms. The molecule has 11 nitrogen and oxygen atoms in total. The normalized spacial score (nSPS) is 39.9. The molecule has 3 fully saturated rings. The summed E-state index contributed by atoms with van der Waals surface area (Å²) in [5.74, 6) is 0. The molecular weight excluding hydrogens is 491 g/mol. The summed E-state index contributed by atoms with van der Waals surface area (Å²) >= 11 is 0. The molecule has 8 unspecified atom stereocenters. The summed E-state index contributed by atoms with van der Waals surface area (Å²) in [6.45, 7) is 3.48. The standard InChI is InChI=1S/C24H47N2O9P/c1-3-4-5-6-7-8-9-10-12-24-13-11-18(27)23(2,14-15-24)25-22(30)26(24)21-20(29)19(28)17(35-21)16-34-36(31,32)33/h17-22,25,27-30H,3-16H2,1-2H3,(H2,31,32,33). The molecule has 2 aliphatic heterocycles. The van der Waals surface area contributed by atoms with Crippen LogP contribution in [0.3, 0.4) is 0 Å². The van der Waals surface area contributed by atoms with Crippen molar-refractivity contribution in [3.05, 3.63) is 0 Å². The minimum absolute atomic E-state index is 0.514. The summed E-state index contributed by atoms with van der Waals surface area (Å²) < 4.78 is 21.6. The van der Waals surface area contributed by atoms with E-state index in [4.69, 9.17) is 14.5 Å². The topological polar surface area (TPSA) is 172 Å². The number of aliphatic hydroxyl groups is 4. The maximum absolute atomic E-state index is 11.3. The van der Waals surface area contributed by atoms with E-state index in [2.05, 4.69) is 16.8 Å². The molecule has 2 heterocycles. The van der Waals surface area contributed by atoms with Crippen molar-refractivity contribution in [1.82, 2.24) is 10.2 Å². The zero-order valence-corrected chi connectivity index (χ0v) is 22.6. The highest BCUT2D eigenvalue weighted by Crippen LogP contribution is 2.47. The number of phosphoric acid groups is 1. The van der Waals surface area contributed by atoms with Gasteiger partial charge in [-0.2, -0.15) is 0 Å². The van der Waals surface area contributed by atoms with E-state index in [9.17, 15) is 25.0 Å². The molecule has 0 aromatic rings. The molecule has 0 aromatic carbocycles. The van der Waals surface area contributed by atoms with Crippen LogP contribution in [-0.4, -0.2) is 89.8 Å². The van der Waals surface area contributed by atoms with Crippen molar-refractivity contribution < 1.29 is 44.0 Å². The molecule has 0 amide bonds. The largest absolute Gasteiger partial charge is 0.469 e. The van der Waals surface area contributed by atoms with E-state index in [1.54, 1.807) is 4.90 Å². The van der Waals surface area contributed by atoms with Crippen molar-refractivity contribution in [3.8, 4) is 0 Å². The number of rotatable bonds is 13. The van der Waals surface area contributed by atoms with E-state index in [1.165, 1.54) is 32.1 Å². The van der Waals surface area contributed by atoms with Crippen LogP contribution >= 0.6 is 7.82 Å². The minimum atomic E-state index is -4.79. The third kappa shape index (κ3) is 7.27. The number of hydrogen-bond acceptors (Lipinski definition) is 9. The molecule has 0 aromatic heterocycles. The average Bonchev–Trinajstić information content (AvgIpc) is 2.94. The zero-order chi connectivity index (χ0) is 26.6. The number of unbranched alkanes of at least 4 members (excludes halogenated alkanes) is 7. The van der Waals surface area contributed by atoms with E-state index < -0.39 is 62.5 Å². The van der Waals surface area contributed by atoms with Crippen LogP contribution in [0.4, 0.5) is 0 Å². The van der Waals surface area contributed by atoms with Gasteiger partial charge in [-0.05, 0) is 39.0 Å². The lowest BCUT2D eigenvalue weighted by atomic mass is 9.82. The molecule has 2 bridgehead atoms. The smallest absolute Gasteiger partial charge is 0.391 e. The first-order chi connectivity index (χ1) is 16.9. The van der Waals surface area contributed by atoms with E-state index in [0.29, 0.717) is 25.7 Å². The van der Waals surface area contributed by atoms with E-state index in [-0.39, 0.29) is 0 Å². The third-order valence-electron chi connectivity index (χ3n) is 8.51. The van der Waals surface area contributed by atoms with Crippen LogP contribution in [0.2, 0.25) is 0 Å². The molecule has 1 aliphatic carbocycles. The average molecular weight is 539 g/mol. The van der Waals surface area contributed by atoms with Gasteiger partial charge in [0.25, 0.3) is 0 Å². The number of nitrogens with zero attached hydrogens (tertiary/aromatic N) is 1. The number of aliphatic hydroxyl groups excluding tert-OH is 4. The van der Waals surface area contributed by atoms with E-state index in [1.807, 2.05) is 6.92 Å². The Balaban J connectivity index is 1.75. The summed E-state index contributed by atoms with van der Waals surface area (Å²) in [7, 11) is -4.79.